The minimum Gasteiger partial charge on any atom is -0.322 e. The van der Waals surface area contributed by atoms with Crippen molar-refractivity contribution < 1.29 is 4.39 Å². The van der Waals surface area contributed by atoms with E-state index in [-0.39, 0.29) is 11.4 Å². The molecule has 2 aromatic heterocycles. The van der Waals surface area contributed by atoms with Gasteiger partial charge in [-0.1, -0.05) is 44.4 Å². The van der Waals surface area contributed by atoms with Crippen LogP contribution in [0.3, 0.4) is 0 Å². The third-order valence-electron chi connectivity index (χ3n) is 7.25. The molecular formula is C27H31FN6O. The molecule has 1 fully saturated rings. The summed E-state index contributed by atoms with van der Waals surface area (Å²) in [4.78, 5) is 18.8. The summed E-state index contributed by atoms with van der Waals surface area (Å²) in [6, 6.07) is 14.4. The van der Waals surface area contributed by atoms with Crippen molar-refractivity contribution >= 4 is 10.9 Å². The molecule has 7 nitrogen and oxygen atoms in total. The number of aromatic amines is 1. The summed E-state index contributed by atoms with van der Waals surface area (Å²) < 4.78 is 15.2. The first-order valence-corrected chi connectivity index (χ1v) is 12.4. The summed E-state index contributed by atoms with van der Waals surface area (Å²) in [6.45, 7) is 2.51. The summed E-state index contributed by atoms with van der Waals surface area (Å²) in [6.07, 6.45) is 6.68. The van der Waals surface area contributed by atoms with Crippen LogP contribution in [-0.2, 0) is 13.0 Å². The fourth-order valence-corrected chi connectivity index (χ4v) is 5.22. The molecule has 35 heavy (non-hydrogen) atoms. The first-order valence-electron chi connectivity index (χ1n) is 12.4. The van der Waals surface area contributed by atoms with E-state index < -0.39 is 6.04 Å². The third-order valence-corrected chi connectivity index (χ3v) is 7.25. The molecule has 1 saturated carbocycles. The molecule has 0 spiro atoms. The number of hydrogen-bond acceptors (Lipinski definition) is 5. The molecule has 0 saturated heterocycles. The van der Waals surface area contributed by atoms with Crippen LogP contribution in [0, 0.1) is 5.82 Å². The van der Waals surface area contributed by atoms with E-state index in [1.54, 1.807) is 16.8 Å². The average Bonchev–Trinajstić information content (AvgIpc) is 3.33. The zero-order chi connectivity index (χ0) is 24.4. The Labute approximate surface area is 204 Å². The molecule has 5 rings (SSSR count). The number of nitrogens with zero attached hydrogens (tertiary/aromatic N) is 5. The van der Waals surface area contributed by atoms with Gasteiger partial charge in [-0.25, -0.2) is 9.07 Å². The molecule has 1 N–H and O–H groups in total. The summed E-state index contributed by atoms with van der Waals surface area (Å²) in [5, 5.41) is 13.6. The average molecular weight is 475 g/mol. The van der Waals surface area contributed by atoms with Crippen LogP contribution in [0.1, 0.15) is 67.6 Å². The fraction of sp³-hybridized carbons (Fsp3) is 0.407. The predicted molar refractivity (Wildman–Crippen MR) is 134 cm³/mol. The Hall–Kier alpha value is -3.39. The van der Waals surface area contributed by atoms with Crippen LogP contribution in [0.25, 0.3) is 10.9 Å². The van der Waals surface area contributed by atoms with Gasteiger partial charge in [0, 0.05) is 17.1 Å². The van der Waals surface area contributed by atoms with Gasteiger partial charge in [-0.05, 0) is 83.6 Å². The second kappa shape index (κ2) is 10.1. The Bertz CT molecular complexity index is 1360. The van der Waals surface area contributed by atoms with E-state index in [9.17, 15) is 9.18 Å². The van der Waals surface area contributed by atoms with Gasteiger partial charge in [0.1, 0.15) is 11.9 Å². The van der Waals surface area contributed by atoms with Gasteiger partial charge in [-0.2, -0.15) is 0 Å². The lowest BCUT2D eigenvalue weighted by Crippen LogP contribution is -2.40. The van der Waals surface area contributed by atoms with Gasteiger partial charge >= 0.3 is 0 Å². The molecule has 1 atom stereocenters. The Morgan fingerprint density at radius 1 is 1.09 bits per heavy atom. The zero-order valence-corrected chi connectivity index (χ0v) is 20.2. The lowest BCUT2D eigenvalue weighted by molar-refractivity contribution is 0.149. The number of aromatic nitrogens is 5. The zero-order valence-electron chi connectivity index (χ0n) is 20.2. The van der Waals surface area contributed by atoms with E-state index in [1.165, 1.54) is 37.0 Å². The lowest BCUT2D eigenvalue weighted by atomic mass is 9.92. The summed E-state index contributed by atoms with van der Waals surface area (Å²) in [7, 11) is 2.07. The van der Waals surface area contributed by atoms with Gasteiger partial charge in [-0.15, -0.1) is 5.10 Å². The molecule has 0 amide bonds. The van der Waals surface area contributed by atoms with Gasteiger partial charge in [0.15, 0.2) is 5.82 Å². The summed E-state index contributed by atoms with van der Waals surface area (Å²) in [5.74, 6) is 0.327. The second-order valence-electron chi connectivity index (χ2n) is 9.51. The van der Waals surface area contributed by atoms with Gasteiger partial charge in [0.05, 0.1) is 6.54 Å². The lowest BCUT2D eigenvalue weighted by Gasteiger charge is -2.36. The van der Waals surface area contributed by atoms with Crippen LogP contribution < -0.4 is 5.56 Å². The molecule has 1 aliphatic rings. The monoisotopic (exact) mass is 474 g/mol. The molecular weight excluding hydrogens is 443 g/mol. The Morgan fingerprint density at radius 2 is 1.83 bits per heavy atom. The maximum absolute atomic E-state index is 13.4. The Kier molecular flexibility index (Phi) is 6.72. The predicted octanol–water partition coefficient (Wildman–Crippen LogP) is 4.62. The van der Waals surface area contributed by atoms with Gasteiger partial charge in [0.2, 0.25) is 0 Å². The van der Waals surface area contributed by atoms with E-state index in [4.69, 9.17) is 0 Å². The van der Waals surface area contributed by atoms with Crippen molar-refractivity contribution in [2.24, 2.45) is 0 Å². The van der Waals surface area contributed by atoms with E-state index in [1.807, 2.05) is 18.2 Å². The molecule has 182 valence electrons. The minimum absolute atomic E-state index is 0.134. The number of aryl methyl sites for hydroxylation is 1. The van der Waals surface area contributed by atoms with Crippen LogP contribution in [0.5, 0.6) is 0 Å². The van der Waals surface area contributed by atoms with E-state index in [0.29, 0.717) is 24.0 Å². The third kappa shape index (κ3) is 4.89. The van der Waals surface area contributed by atoms with Crippen LogP contribution in [0.15, 0.2) is 53.3 Å². The van der Waals surface area contributed by atoms with E-state index >= 15 is 0 Å². The van der Waals surface area contributed by atoms with Crippen molar-refractivity contribution in [1.82, 2.24) is 30.1 Å². The van der Waals surface area contributed by atoms with E-state index in [2.05, 4.69) is 45.4 Å². The molecule has 0 radical (unpaired) electrons. The van der Waals surface area contributed by atoms with Crippen molar-refractivity contribution in [3.05, 3.63) is 87.2 Å². The SMILES string of the molecule is CCc1ccc2[nH]c(=O)c([C@H](c3nnnn3Cc3ccc(F)cc3)N(C)C3CCCCC3)cc2c1. The van der Waals surface area contributed by atoms with Crippen molar-refractivity contribution in [2.75, 3.05) is 7.05 Å². The fourth-order valence-electron chi connectivity index (χ4n) is 5.22. The van der Waals surface area contributed by atoms with Crippen molar-refractivity contribution in [3.8, 4) is 0 Å². The molecule has 0 aliphatic heterocycles. The van der Waals surface area contributed by atoms with Crippen LogP contribution in [-0.4, -0.2) is 43.2 Å². The maximum Gasteiger partial charge on any atom is 0.253 e. The Morgan fingerprint density at radius 3 is 2.57 bits per heavy atom. The summed E-state index contributed by atoms with van der Waals surface area (Å²) in [5.41, 5.74) is 3.42. The number of H-pyrrole nitrogens is 1. The van der Waals surface area contributed by atoms with Crippen molar-refractivity contribution in [3.63, 3.8) is 0 Å². The molecule has 0 bridgehead atoms. The Balaban J connectivity index is 1.61. The van der Waals surface area contributed by atoms with Gasteiger partial charge < -0.3 is 4.98 Å². The molecule has 4 aromatic rings. The highest BCUT2D eigenvalue weighted by Crippen LogP contribution is 2.32. The number of nitrogens with one attached hydrogen (secondary N) is 1. The number of hydrogen-bond donors (Lipinski definition) is 1. The molecule has 0 unspecified atom stereocenters. The first kappa shape index (κ1) is 23.4. The first-order chi connectivity index (χ1) is 17.0. The van der Waals surface area contributed by atoms with E-state index in [0.717, 1.165) is 35.7 Å². The number of pyridine rings is 1. The molecule has 2 heterocycles. The largest absolute Gasteiger partial charge is 0.322 e. The number of rotatable bonds is 7. The second-order valence-corrected chi connectivity index (χ2v) is 9.51. The molecule has 2 aromatic carbocycles. The normalized spacial score (nSPS) is 15.7. The standard InChI is InChI=1S/C27H31FN6O/c1-3-18-11-14-24-20(15-18)16-23(27(35)29-24)25(33(2)22-7-5-4-6-8-22)26-30-31-32-34(26)17-19-9-12-21(28)13-10-19/h9-16,22,25H,3-8,17H2,1-2H3,(H,29,35)/t25-/m1/s1. The van der Waals surface area contributed by atoms with Crippen LogP contribution in [0.4, 0.5) is 4.39 Å². The smallest absolute Gasteiger partial charge is 0.253 e. The number of fused-ring (bicyclic) bond motifs is 1. The van der Waals surface area contributed by atoms with Crippen molar-refractivity contribution in [1.29, 1.82) is 0 Å². The number of benzene rings is 2. The van der Waals surface area contributed by atoms with Gasteiger partial charge in [0.25, 0.3) is 5.56 Å². The number of halogens is 1. The van der Waals surface area contributed by atoms with Crippen LogP contribution in [0.2, 0.25) is 0 Å². The van der Waals surface area contributed by atoms with Crippen molar-refractivity contribution in [2.45, 2.75) is 64.1 Å². The quantitative estimate of drug-likeness (QED) is 0.423. The maximum atomic E-state index is 13.4. The minimum atomic E-state index is -0.410. The van der Waals surface area contributed by atoms with Gasteiger partial charge in [-0.3, -0.25) is 9.69 Å². The summed E-state index contributed by atoms with van der Waals surface area (Å²) >= 11 is 0. The number of tetrazole rings is 1. The molecule has 8 heteroatoms. The molecule has 1 aliphatic carbocycles. The highest BCUT2D eigenvalue weighted by molar-refractivity contribution is 5.80. The topological polar surface area (TPSA) is 79.7 Å². The highest BCUT2D eigenvalue weighted by atomic mass is 19.1. The highest BCUT2D eigenvalue weighted by Gasteiger charge is 2.33. The van der Waals surface area contributed by atoms with Crippen LogP contribution >= 0.6 is 0 Å².